The number of hydrogen-bond donors (Lipinski definition) is 2. The van der Waals surface area contributed by atoms with Crippen LogP contribution in [-0.2, 0) is 31.0 Å². The molecule has 0 spiro atoms. The zero-order valence-corrected chi connectivity index (χ0v) is 28.3. The Bertz CT molecular complexity index is 2070. The lowest BCUT2D eigenvalue weighted by molar-refractivity contribution is -0.138. The molecule has 0 radical (unpaired) electrons. The highest BCUT2D eigenvalue weighted by Crippen LogP contribution is 2.64. The number of nitrogens with zero attached hydrogens (tertiary/aromatic N) is 2. The van der Waals surface area contributed by atoms with E-state index in [1.54, 1.807) is 6.07 Å². The van der Waals surface area contributed by atoms with E-state index >= 15 is 4.79 Å². The first-order chi connectivity index (χ1) is 24.1. The Balaban J connectivity index is 1.30. The molecule has 8 nitrogen and oxygen atoms in total. The summed E-state index contributed by atoms with van der Waals surface area (Å²) in [5.41, 5.74) is 8.10. The van der Waals surface area contributed by atoms with Gasteiger partial charge in [-0.3, -0.25) is 29.5 Å². The number of aryl methyl sites for hydroxylation is 3. The molecule has 4 aliphatic rings. The predicted molar refractivity (Wildman–Crippen MR) is 190 cm³/mol. The maximum Gasteiger partial charge on any atom is 0.260 e. The quantitative estimate of drug-likeness (QED) is 0.174. The molecule has 4 amide bonds. The van der Waals surface area contributed by atoms with Gasteiger partial charge in [0.15, 0.2) is 0 Å². The van der Waals surface area contributed by atoms with Gasteiger partial charge in [-0.1, -0.05) is 90.9 Å². The normalized spacial score (nSPS) is 27.2. The summed E-state index contributed by atoms with van der Waals surface area (Å²) >= 11 is 0. The van der Waals surface area contributed by atoms with Crippen molar-refractivity contribution in [3.05, 3.63) is 137 Å². The number of imide groups is 2. The number of nitrogens with one attached hydrogen (secondary N) is 1. The van der Waals surface area contributed by atoms with Crippen LogP contribution in [0.4, 0.5) is 11.4 Å². The molecule has 0 unspecified atom stereocenters. The molecule has 4 aromatic rings. The van der Waals surface area contributed by atoms with Gasteiger partial charge >= 0.3 is 0 Å². The van der Waals surface area contributed by atoms with Crippen molar-refractivity contribution in [2.75, 3.05) is 10.3 Å². The van der Waals surface area contributed by atoms with E-state index in [-0.39, 0.29) is 35.8 Å². The van der Waals surface area contributed by atoms with Crippen molar-refractivity contribution < 1.29 is 24.3 Å². The van der Waals surface area contributed by atoms with Crippen molar-refractivity contribution in [1.82, 2.24) is 5.01 Å². The molecule has 50 heavy (non-hydrogen) atoms. The standard InChI is InChI=1S/C42H39N3O5/c1-4-26-12-17-30(18-13-26)44-38(47)32-20-19-31-33(36(32)40(44)49)23-34-39(48)45(43-29-15-10-24(2)11-16-29)41(50)42(34,28-8-6-5-7-9-28)37(31)27-14-21-35(46)25(3)22-27/h5-19,21-22,32-34,36-37,43,46H,4,20,23H2,1-3H3/t32-,33+,34-,36-,37-,42+/m0/s1. The number of rotatable bonds is 6. The van der Waals surface area contributed by atoms with Crippen molar-refractivity contribution in [3.8, 4) is 5.75 Å². The average Bonchev–Trinajstić information content (AvgIpc) is 3.51. The number of carbonyl (C=O) groups is 4. The van der Waals surface area contributed by atoms with E-state index in [4.69, 9.17) is 0 Å². The molecule has 3 fully saturated rings. The largest absolute Gasteiger partial charge is 0.508 e. The van der Waals surface area contributed by atoms with Gasteiger partial charge in [-0.05, 0) is 91.6 Å². The third-order valence-electron chi connectivity index (χ3n) is 11.6. The Morgan fingerprint density at radius 2 is 1.54 bits per heavy atom. The average molecular weight is 666 g/mol. The highest BCUT2D eigenvalue weighted by molar-refractivity contribution is 6.22. The Labute approximate surface area is 291 Å². The molecule has 0 bridgehead atoms. The second-order valence-corrected chi connectivity index (χ2v) is 14.2. The number of aromatic hydroxyl groups is 1. The zero-order chi connectivity index (χ0) is 34.9. The number of carbonyl (C=O) groups excluding carboxylic acids is 4. The molecule has 0 aromatic heterocycles. The molecule has 2 aliphatic carbocycles. The van der Waals surface area contributed by atoms with Gasteiger partial charge in [-0.2, -0.15) is 5.01 Å². The molecule has 1 saturated carbocycles. The molecule has 4 aromatic carbocycles. The van der Waals surface area contributed by atoms with Gasteiger partial charge in [0.05, 0.1) is 34.5 Å². The van der Waals surface area contributed by atoms with E-state index in [1.165, 1.54) is 9.91 Å². The molecule has 2 aliphatic heterocycles. The lowest BCUT2D eigenvalue weighted by Gasteiger charge is -2.50. The monoisotopic (exact) mass is 665 g/mol. The number of allylic oxidation sites excluding steroid dienone is 2. The first-order valence-electron chi connectivity index (χ1n) is 17.4. The van der Waals surface area contributed by atoms with Crippen LogP contribution >= 0.6 is 0 Å². The van der Waals surface area contributed by atoms with Crippen LogP contribution < -0.4 is 10.3 Å². The summed E-state index contributed by atoms with van der Waals surface area (Å²) in [4.78, 5) is 59.9. The number of phenols is 1. The molecular weight excluding hydrogens is 626 g/mol. The minimum Gasteiger partial charge on any atom is -0.508 e. The van der Waals surface area contributed by atoms with Crippen LogP contribution in [0.3, 0.4) is 0 Å². The summed E-state index contributed by atoms with van der Waals surface area (Å²) in [7, 11) is 0. The number of benzene rings is 4. The number of hydrogen-bond acceptors (Lipinski definition) is 6. The predicted octanol–water partition coefficient (Wildman–Crippen LogP) is 6.76. The van der Waals surface area contributed by atoms with Crippen LogP contribution in [-0.4, -0.2) is 33.7 Å². The summed E-state index contributed by atoms with van der Waals surface area (Å²) < 4.78 is 0. The van der Waals surface area contributed by atoms with Gasteiger partial charge in [0, 0.05) is 5.92 Å². The molecule has 2 saturated heterocycles. The van der Waals surface area contributed by atoms with E-state index in [9.17, 15) is 19.5 Å². The third kappa shape index (κ3) is 4.57. The smallest absolute Gasteiger partial charge is 0.260 e. The third-order valence-corrected chi connectivity index (χ3v) is 11.6. The van der Waals surface area contributed by atoms with Gasteiger partial charge in [0.25, 0.3) is 11.8 Å². The highest BCUT2D eigenvalue weighted by Gasteiger charge is 2.70. The maximum absolute atomic E-state index is 15.2. The molecule has 8 rings (SSSR count). The molecule has 8 heteroatoms. The zero-order valence-electron chi connectivity index (χ0n) is 28.3. The van der Waals surface area contributed by atoms with E-state index in [1.807, 2.05) is 105 Å². The van der Waals surface area contributed by atoms with Gasteiger partial charge in [-0.15, -0.1) is 0 Å². The topological polar surface area (TPSA) is 107 Å². The summed E-state index contributed by atoms with van der Waals surface area (Å²) in [6.45, 7) is 5.84. The maximum atomic E-state index is 15.2. The van der Waals surface area contributed by atoms with E-state index in [0.717, 1.165) is 28.7 Å². The highest BCUT2D eigenvalue weighted by atomic mass is 16.3. The van der Waals surface area contributed by atoms with E-state index < -0.39 is 35.0 Å². The molecule has 2 N–H and O–H groups in total. The number of phenolic OH excluding ortho intramolecular Hbond substituents is 1. The first kappa shape index (κ1) is 31.7. The van der Waals surface area contributed by atoms with Gasteiger partial charge < -0.3 is 5.11 Å². The van der Waals surface area contributed by atoms with Gasteiger partial charge in [0.2, 0.25) is 11.8 Å². The minimum absolute atomic E-state index is 0.127. The van der Waals surface area contributed by atoms with Crippen LogP contribution in [0.15, 0.2) is 109 Å². The van der Waals surface area contributed by atoms with Crippen LogP contribution in [0.1, 0.15) is 53.5 Å². The van der Waals surface area contributed by atoms with Crippen molar-refractivity contribution >= 4 is 35.0 Å². The number of fused-ring (bicyclic) bond motifs is 4. The SMILES string of the molecule is CCc1ccc(N2C(=O)[C@H]3[C@H](CC=C4[C@H]3C[C@H]3C(=O)N(Nc5ccc(C)cc5)C(=O)[C@@]3(c3ccccc3)[C@H]4c3ccc(O)c(C)c3)C2=O)cc1. The summed E-state index contributed by atoms with van der Waals surface area (Å²) in [6, 6.07) is 29.9. The fraction of sp³-hybridized carbons (Fsp3) is 0.286. The van der Waals surface area contributed by atoms with Gasteiger partial charge in [-0.25, -0.2) is 0 Å². The van der Waals surface area contributed by atoms with E-state index in [2.05, 4.69) is 18.4 Å². The molecule has 2 heterocycles. The number of anilines is 2. The number of hydrazine groups is 1. The lowest BCUT2D eigenvalue weighted by atomic mass is 9.49. The van der Waals surface area contributed by atoms with Crippen molar-refractivity contribution in [2.24, 2.45) is 23.7 Å². The number of amides is 4. The van der Waals surface area contributed by atoms with Crippen LogP contribution in [0.5, 0.6) is 5.75 Å². The lowest BCUT2D eigenvalue weighted by Crippen LogP contribution is -2.53. The van der Waals surface area contributed by atoms with Gasteiger partial charge in [0.1, 0.15) is 5.75 Å². The van der Waals surface area contributed by atoms with Crippen molar-refractivity contribution in [1.29, 1.82) is 0 Å². The van der Waals surface area contributed by atoms with Crippen molar-refractivity contribution in [2.45, 2.75) is 51.4 Å². The molecule has 6 atom stereocenters. The molecular formula is C42H39N3O5. The van der Waals surface area contributed by atoms with Crippen LogP contribution in [0.2, 0.25) is 0 Å². The Morgan fingerprint density at radius 3 is 2.22 bits per heavy atom. The summed E-state index contributed by atoms with van der Waals surface area (Å²) in [5, 5.41) is 11.7. The Hall–Kier alpha value is -5.50. The molecule has 252 valence electrons. The second-order valence-electron chi connectivity index (χ2n) is 14.2. The van der Waals surface area contributed by atoms with E-state index in [0.29, 0.717) is 28.9 Å². The summed E-state index contributed by atoms with van der Waals surface area (Å²) in [5.74, 6) is -4.29. The van der Waals surface area contributed by atoms with Crippen LogP contribution in [0, 0.1) is 37.5 Å². The van der Waals surface area contributed by atoms with Crippen molar-refractivity contribution in [3.63, 3.8) is 0 Å². The fourth-order valence-electron chi connectivity index (χ4n) is 9.12. The first-order valence-corrected chi connectivity index (χ1v) is 17.4. The fourth-order valence-corrected chi connectivity index (χ4v) is 9.12. The Morgan fingerprint density at radius 1 is 0.820 bits per heavy atom. The Kier molecular flexibility index (Phi) is 7.51. The van der Waals surface area contributed by atoms with Crippen LogP contribution in [0.25, 0.3) is 0 Å². The second kappa shape index (κ2) is 11.8. The summed E-state index contributed by atoms with van der Waals surface area (Å²) in [6.07, 6.45) is 3.48. The minimum atomic E-state index is -1.35.